The van der Waals surface area contributed by atoms with E-state index in [2.05, 4.69) is 39.9 Å². The normalized spacial score (nSPS) is 27.5. The Morgan fingerprint density at radius 1 is 1.55 bits per heavy atom. The number of thioether (sulfide) groups is 1. The van der Waals surface area contributed by atoms with Gasteiger partial charge in [-0.3, -0.25) is 9.98 Å². The molecule has 0 N–H and O–H groups in total. The molecule has 2 heterocycles. The zero-order valence-corrected chi connectivity index (χ0v) is 14.2. The van der Waals surface area contributed by atoms with Gasteiger partial charge in [-0.25, -0.2) is 0 Å². The van der Waals surface area contributed by atoms with Crippen LogP contribution in [-0.2, 0) is 0 Å². The van der Waals surface area contributed by atoms with Crippen molar-refractivity contribution in [1.82, 2.24) is 4.90 Å². The van der Waals surface area contributed by atoms with Crippen LogP contribution < -0.4 is 0 Å². The number of hydrogen-bond donors (Lipinski definition) is 0. The lowest BCUT2D eigenvalue weighted by molar-refractivity contribution is 0.517. The maximum absolute atomic E-state index is 4.82. The summed E-state index contributed by atoms with van der Waals surface area (Å²) in [6.45, 7) is 5.18. The summed E-state index contributed by atoms with van der Waals surface area (Å²) in [5.74, 6) is 1.69. The van der Waals surface area contributed by atoms with Crippen molar-refractivity contribution in [2.75, 3.05) is 19.6 Å². The number of unbranched alkanes of at least 4 members (excludes halogenated alkanes) is 1. The minimum absolute atomic E-state index is 0.451. The number of rotatable bonds is 3. The van der Waals surface area contributed by atoms with Crippen LogP contribution in [0.2, 0.25) is 0 Å². The Balaban J connectivity index is 1.89. The highest BCUT2D eigenvalue weighted by molar-refractivity contribution is 9.11. The first-order valence-electron chi connectivity index (χ1n) is 7.41. The molecule has 0 spiro atoms. The summed E-state index contributed by atoms with van der Waals surface area (Å²) in [6.07, 6.45) is 9.05. The SMILES string of the molecule is CCCCN=C1SC2=CC(Br)=CCC2C2=NCCCN12. The fourth-order valence-electron chi connectivity index (χ4n) is 2.70. The van der Waals surface area contributed by atoms with E-state index >= 15 is 0 Å². The number of nitrogens with zero attached hydrogens (tertiary/aromatic N) is 3. The molecule has 0 radical (unpaired) electrons. The lowest BCUT2D eigenvalue weighted by atomic mass is 9.97. The van der Waals surface area contributed by atoms with Crippen molar-refractivity contribution in [2.24, 2.45) is 15.9 Å². The Morgan fingerprint density at radius 2 is 2.45 bits per heavy atom. The summed E-state index contributed by atoms with van der Waals surface area (Å²) in [5.41, 5.74) is 0. The standard InChI is InChI=1S/C15H20BrN3S/c1-2-3-7-18-15-19-9-4-8-17-14(19)12-6-5-11(16)10-13(12)20-15/h5,10,12H,2-4,6-9H2,1H3. The third-order valence-electron chi connectivity index (χ3n) is 3.77. The van der Waals surface area contributed by atoms with Gasteiger partial charge in [0.2, 0.25) is 0 Å². The molecule has 1 unspecified atom stereocenters. The van der Waals surface area contributed by atoms with Gasteiger partial charge in [-0.2, -0.15) is 0 Å². The largest absolute Gasteiger partial charge is 0.309 e. The topological polar surface area (TPSA) is 28.0 Å². The molecule has 108 valence electrons. The molecule has 0 aromatic carbocycles. The first-order valence-corrected chi connectivity index (χ1v) is 9.02. The van der Waals surface area contributed by atoms with Crippen molar-refractivity contribution in [3.8, 4) is 0 Å². The van der Waals surface area contributed by atoms with Crippen LogP contribution in [0.15, 0.2) is 31.5 Å². The molecule has 0 saturated carbocycles. The van der Waals surface area contributed by atoms with Crippen LogP contribution in [-0.4, -0.2) is 35.5 Å². The van der Waals surface area contributed by atoms with Gasteiger partial charge in [0.05, 0.1) is 5.92 Å². The molecule has 5 heteroatoms. The minimum atomic E-state index is 0.451. The van der Waals surface area contributed by atoms with Gasteiger partial charge in [-0.05, 0) is 25.3 Å². The van der Waals surface area contributed by atoms with Crippen LogP contribution in [0.5, 0.6) is 0 Å². The highest BCUT2D eigenvalue weighted by atomic mass is 79.9. The molecule has 0 aromatic rings. The molecule has 20 heavy (non-hydrogen) atoms. The van der Waals surface area contributed by atoms with Gasteiger partial charge in [0.1, 0.15) is 5.84 Å². The van der Waals surface area contributed by atoms with E-state index in [1.54, 1.807) is 0 Å². The number of halogens is 1. The Morgan fingerprint density at radius 3 is 3.30 bits per heavy atom. The van der Waals surface area contributed by atoms with Crippen LogP contribution in [0.1, 0.15) is 32.6 Å². The van der Waals surface area contributed by atoms with Crippen LogP contribution >= 0.6 is 27.7 Å². The number of amidine groups is 2. The van der Waals surface area contributed by atoms with Crippen molar-refractivity contribution in [3.05, 3.63) is 21.5 Å². The van der Waals surface area contributed by atoms with Crippen molar-refractivity contribution in [2.45, 2.75) is 32.6 Å². The van der Waals surface area contributed by atoms with Gasteiger partial charge < -0.3 is 4.90 Å². The highest BCUT2D eigenvalue weighted by Crippen LogP contribution is 2.42. The van der Waals surface area contributed by atoms with Crippen molar-refractivity contribution < 1.29 is 0 Å². The van der Waals surface area contributed by atoms with Crippen LogP contribution in [0, 0.1) is 5.92 Å². The van der Waals surface area contributed by atoms with Crippen LogP contribution in [0.25, 0.3) is 0 Å². The van der Waals surface area contributed by atoms with Crippen molar-refractivity contribution >= 4 is 38.7 Å². The second-order valence-electron chi connectivity index (χ2n) is 5.29. The Labute approximate surface area is 133 Å². The molecule has 3 rings (SSSR count). The van der Waals surface area contributed by atoms with E-state index in [1.165, 1.54) is 21.6 Å². The summed E-state index contributed by atoms with van der Waals surface area (Å²) in [7, 11) is 0. The summed E-state index contributed by atoms with van der Waals surface area (Å²) in [5, 5.41) is 1.15. The number of aliphatic imine (C=N–C) groups is 2. The minimum Gasteiger partial charge on any atom is -0.309 e. The molecule has 1 aliphatic carbocycles. The van der Waals surface area contributed by atoms with E-state index in [1.807, 2.05) is 11.8 Å². The van der Waals surface area contributed by atoms with Gasteiger partial charge in [-0.1, -0.05) is 47.1 Å². The molecule has 3 aliphatic rings. The van der Waals surface area contributed by atoms with Crippen LogP contribution in [0.4, 0.5) is 0 Å². The van der Waals surface area contributed by atoms with Crippen molar-refractivity contribution in [1.29, 1.82) is 0 Å². The smallest absolute Gasteiger partial charge is 0.169 e. The molecular weight excluding hydrogens is 334 g/mol. The van der Waals surface area contributed by atoms with Crippen LogP contribution in [0.3, 0.4) is 0 Å². The predicted molar refractivity (Wildman–Crippen MR) is 91.6 cm³/mol. The second kappa shape index (κ2) is 6.48. The van der Waals surface area contributed by atoms with Gasteiger partial charge in [0.15, 0.2) is 5.17 Å². The van der Waals surface area contributed by atoms with E-state index in [0.29, 0.717) is 5.92 Å². The maximum Gasteiger partial charge on any atom is 0.169 e. The molecular formula is C15H20BrN3S. The summed E-state index contributed by atoms with van der Waals surface area (Å²) >= 11 is 5.44. The maximum atomic E-state index is 4.82. The quantitative estimate of drug-likeness (QED) is 0.712. The zero-order chi connectivity index (χ0) is 13.9. The van der Waals surface area contributed by atoms with E-state index in [4.69, 9.17) is 9.98 Å². The molecule has 2 aliphatic heterocycles. The first kappa shape index (κ1) is 14.4. The van der Waals surface area contributed by atoms with E-state index < -0.39 is 0 Å². The van der Waals surface area contributed by atoms with Gasteiger partial charge in [-0.15, -0.1) is 0 Å². The highest BCUT2D eigenvalue weighted by Gasteiger charge is 2.36. The van der Waals surface area contributed by atoms with E-state index in [-0.39, 0.29) is 0 Å². The third-order valence-corrected chi connectivity index (χ3v) is 5.50. The average molecular weight is 354 g/mol. The fourth-order valence-corrected chi connectivity index (χ4v) is 4.48. The van der Waals surface area contributed by atoms with E-state index in [0.717, 1.165) is 44.1 Å². The lowest BCUT2D eigenvalue weighted by Crippen LogP contribution is -2.47. The fraction of sp³-hybridized carbons (Fsp3) is 0.600. The van der Waals surface area contributed by atoms with E-state index in [9.17, 15) is 0 Å². The molecule has 3 nitrogen and oxygen atoms in total. The Kier molecular flexibility index (Phi) is 4.66. The second-order valence-corrected chi connectivity index (χ2v) is 7.25. The first-order chi connectivity index (χ1) is 9.79. The van der Waals surface area contributed by atoms with Gasteiger partial charge >= 0.3 is 0 Å². The predicted octanol–water partition coefficient (Wildman–Crippen LogP) is 4.18. The molecule has 0 aromatic heterocycles. The third kappa shape index (κ3) is 2.89. The Hall–Kier alpha value is -0.550. The lowest BCUT2D eigenvalue weighted by Gasteiger charge is -2.40. The van der Waals surface area contributed by atoms with Gasteiger partial charge in [0.25, 0.3) is 0 Å². The van der Waals surface area contributed by atoms with Crippen molar-refractivity contribution in [3.63, 3.8) is 0 Å². The zero-order valence-electron chi connectivity index (χ0n) is 11.8. The molecule has 0 bridgehead atoms. The monoisotopic (exact) mass is 353 g/mol. The number of hydrogen-bond acceptors (Lipinski definition) is 3. The molecule has 1 atom stereocenters. The molecule has 1 fully saturated rings. The average Bonchev–Trinajstić information content (AvgIpc) is 2.47. The summed E-state index contributed by atoms with van der Waals surface area (Å²) in [4.78, 5) is 13.4. The summed E-state index contributed by atoms with van der Waals surface area (Å²) in [6, 6.07) is 0. The molecule has 1 saturated heterocycles. The van der Waals surface area contributed by atoms with Gasteiger partial charge in [0, 0.05) is 29.0 Å². The Bertz CT molecular complexity index is 507. The number of fused-ring (bicyclic) bond motifs is 3. The number of allylic oxidation sites excluding steroid dienone is 3. The summed E-state index contributed by atoms with van der Waals surface area (Å²) < 4.78 is 1.19. The molecule has 0 amide bonds.